The first kappa shape index (κ1) is 20.0. The Morgan fingerprint density at radius 2 is 2.11 bits per heavy atom. The van der Waals surface area contributed by atoms with Gasteiger partial charge in [-0.05, 0) is 44.4 Å². The first-order valence-electron chi connectivity index (χ1n) is 9.93. The minimum atomic E-state index is 0.442. The van der Waals surface area contributed by atoms with Crippen molar-refractivity contribution in [3.05, 3.63) is 35.9 Å². The molecule has 3 rings (SSSR count). The van der Waals surface area contributed by atoms with Gasteiger partial charge in [0, 0.05) is 25.6 Å². The molecular weight excluding hydrogens is 356 g/mol. The molecule has 8 heteroatoms. The summed E-state index contributed by atoms with van der Waals surface area (Å²) in [4.78, 5) is 11.5. The molecule has 2 N–H and O–H groups in total. The van der Waals surface area contributed by atoms with Crippen molar-refractivity contribution >= 4 is 5.96 Å². The molecule has 1 aliphatic rings. The van der Waals surface area contributed by atoms with Crippen LogP contribution in [0.4, 0.5) is 0 Å². The molecule has 1 fully saturated rings. The largest absolute Gasteiger partial charge is 0.493 e. The molecule has 0 saturated carbocycles. The molecule has 1 aromatic carbocycles. The van der Waals surface area contributed by atoms with Crippen molar-refractivity contribution in [3.8, 4) is 11.5 Å². The van der Waals surface area contributed by atoms with Crippen LogP contribution in [-0.4, -0.2) is 59.4 Å². The second-order valence-corrected chi connectivity index (χ2v) is 6.72. The molecule has 8 nitrogen and oxygen atoms in total. The highest BCUT2D eigenvalue weighted by Crippen LogP contribution is 2.28. The molecule has 2 aromatic rings. The van der Waals surface area contributed by atoms with Crippen molar-refractivity contribution in [1.82, 2.24) is 25.4 Å². The predicted octanol–water partition coefficient (Wildman–Crippen LogP) is 2.56. The standard InChI is InChI=1S/C20H30N6O2/c1-4-21-20(26-10-8-16(9-11-26)19-23-14-24-25-19)22-13-15-6-7-17(27-3)18(12-15)28-5-2/h6-7,12,14,16H,4-5,8-11,13H2,1-3H3,(H,21,22)(H,23,24,25). The van der Waals surface area contributed by atoms with Crippen LogP contribution in [0.1, 0.15) is 44.0 Å². The Labute approximate surface area is 166 Å². The molecule has 1 saturated heterocycles. The Balaban J connectivity index is 1.65. The van der Waals surface area contributed by atoms with E-state index in [-0.39, 0.29) is 0 Å². The molecule has 0 atom stereocenters. The van der Waals surface area contributed by atoms with Gasteiger partial charge in [0.25, 0.3) is 0 Å². The Morgan fingerprint density at radius 3 is 2.75 bits per heavy atom. The zero-order chi connectivity index (χ0) is 19.8. The van der Waals surface area contributed by atoms with Gasteiger partial charge in [0.15, 0.2) is 17.5 Å². The third-order valence-corrected chi connectivity index (χ3v) is 4.89. The number of aromatic amines is 1. The maximum absolute atomic E-state index is 5.67. The van der Waals surface area contributed by atoms with Gasteiger partial charge in [-0.2, -0.15) is 5.10 Å². The quantitative estimate of drug-likeness (QED) is 0.562. The molecule has 0 bridgehead atoms. The van der Waals surface area contributed by atoms with Crippen LogP contribution in [0.25, 0.3) is 0 Å². The van der Waals surface area contributed by atoms with E-state index in [0.29, 0.717) is 19.1 Å². The summed E-state index contributed by atoms with van der Waals surface area (Å²) < 4.78 is 11.0. The van der Waals surface area contributed by atoms with E-state index in [1.54, 1.807) is 13.4 Å². The van der Waals surface area contributed by atoms with Crippen LogP contribution in [0.15, 0.2) is 29.5 Å². The number of benzene rings is 1. The maximum Gasteiger partial charge on any atom is 0.194 e. The summed E-state index contributed by atoms with van der Waals surface area (Å²) in [6, 6.07) is 5.97. The molecule has 28 heavy (non-hydrogen) atoms. The second-order valence-electron chi connectivity index (χ2n) is 6.72. The number of H-pyrrole nitrogens is 1. The lowest BCUT2D eigenvalue weighted by molar-refractivity contribution is 0.298. The number of likely N-dealkylation sites (tertiary alicyclic amines) is 1. The first-order chi connectivity index (χ1) is 13.7. The predicted molar refractivity (Wildman–Crippen MR) is 109 cm³/mol. The lowest BCUT2D eigenvalue weighted by Crippen LogP contribution is -2.45. The molecule has 1 aromatic heterocycles. The average molecular weight is 387 g/mol. The minimum Gasteiger partial charge on any atom is -0.493 e. The van der Waals surface area contributed by atoms with Crippen LogP contribution in [0.3, 0.4) is 0 Å². The molecule has 0 amide bonds. The van der Waals surface area contributed by atoms with Gasteiger partial charge in [-0.25, -0.2) is 9.98 Å². The van der Waals surface area contributed by atoms with Gasteiger partial charge in [-0.1, -0.05) is 6.07 Å². The van der Waals surface area contributed by atoms with Crippen LogP contribution in [0, 0.1) is 0 Å². The monoisotopic (exact) mass is 386 g/mol. The molecule has 0 radical (unpaired) electrons. The number of nitrogens with one attached hydrogen (secondary N) is 2. The van der Waals surface area contributed by atoms with E-state index in [9.17, 15) is 0 Å². The number of nitrogens with zero attached hydrogens (tertiary/aromatic N) is 4. The van der Waals surface area contributed by atoms with Crippen molar-refractivity contribution in [1.29, 1.82) is 0 Å². The van der Waals surface area contributed by atoms with Crippen molar-refractivity contribution < 1.29 is 9.47 Å². The number of aromatic nitrogens is 3. The Kier molecular flexibility index (Phi) is 7.11. The van der Waals surface area contributed by atoms with Gasteiger partial charge in [-0.15, -0.1) is 0 Å². The number of aliphatic imine (C=N–C) groups is 1. The van der Waals surface area contributed by atoms with Crippen molar-refractivity contribution in [2.75, 3.05) is 33.4 Å². The van der Waals surface area contributed by atoms with E-state index in [2.05, 4.69) is 32.3 Å². The number of methoxy groups -OCH3 is 1. The van der Waals surface area contributed by atoms with Crippen molar-refractivity contribution in [3.63, 3.8) is 0 Å². The molecule has 0 unspecified atom stereocenters. The molecular formula is C20H30N6O2. The third-order valence-electron chi connectivity index (χ3n) is 4.89. The Bertz CT molecular complexity index is 754. The van der Waals surface area contributed by atoms with E-state index < -0.39 is 0 Å². The number of hydrogen-bond acceptors (Lipinski definition) is 5. The van der Waals surface area contributed by atoms with E-state index in [0.717, 1.165) is 61.3 Å². The summed E-state index contributed by atoms with van der Waals surface area (Å²) in [6.07, 6.45) is 3.66. The lowest BCUT2D eigenvalue weighted by Gasteiger charge is -2.33. The second kappa shape index (κ2) is 9.96. The topological polar surface area (TPSA) is 87.7 Å². The maximum atomic E-state index is 5.67. The highest BCUT2D eigenvalue weighted by molar-refractivity contribution is 5.80. The normalized spacial score (nSPS) is 15.5. The summed E-state index contributed by atoms with van der Waals surface area (Å²) in [5.74, 6) is 3.89. The Hall–Kier alpha value is -2.77. The van der Waals surface area contributed by atoms with Crippen molar-refractivity contribution in [2.24, 2.45) is 4.99 Å². The smallest absolute Gasteiger partial charge is 0.194 e. The number of rotatable bonds is 7. The van der Waals surface area contributed by atoms with Gasteiger partial charge >= 0.3 is 0 Å². The fraction of sp³-hybridized carbons (Fsp3) is 0.550. The fourth-order valence-corrected chi connectivity index (χ4v) is 3.46. The summed E-state index contributed by atoms with van der Waals surface area (Å²) in [6.45, 7) is 8.00. The molecule has 152 valence electrons. The van der Waals surface area contributed by atoms with E-state index in [1.165, 1.54) is 0 Å². The van der Waals surface area contributed by atoms with E-state index in [1.807, 2.05) is 25.1 Å². The molecule has 0 spiro atoms. The van der Waals surface area contributed by atoms with E-state index >= 15 is 0 Å². The van der Waals surface area contributed by atoms with Crippen LogP contribution >= 0.6 is 0 Å². The summed E-state index contributed by atoms with van der Waals surface area (Å²) in [5.41, 5.74) is 1.09. The zero-order valence-electron chi connectivity index (χ0n) is 16.9. The SMILES string of the molecule is CCNC(=NCc1ccc(OC)c(OCC)c1)N1CCC(c2ncn[nH]2)CC1. The highest BCUT2D eigenvalue weighted by atomic mass is 16.5. The van der Waals surface area contributed by atoms with Gasteiger partial charge in [0.05, 0.1) is 20.3 Å². The minimum absolute atomic E-state index is 0.442. The van der Waals surface area contributed by atoms with Gasteiger partial charge in [0.2, 0.25) is 0 Å². The van der Waals surface area contributed by atoms with Crippen LogP contribution in [-0.2, 0) is 6.54 Å². The summed E-state index contributed by atoms with van der Waals surface area (Å²) >= 11 is 0. The molecule has 0 aliphatic carbocycles. The highest BCUT2D eigenvalue weighted by Gasteiger charge is 2.24. The van der Waals surface area contributed by atoms with Gasteiger partial charge in [0.1, 0.15) is 12.2 Å². The Morgan fingerprint density at radius 1 is 1.29 bits per heavy atom. The number of ether oxygens (including phenoxy) is 2. The fourth-order valence-electron chi connectivity index (χ4n) is 3.46. The van der Waals surface area contributed by atoms with Crippen molar-refractivity contribution in [2.45, 2.75) is 39.2 Å². The summed E-state index contributed by atoms with van der Waals surface area (Å²) in [7, 11) is 1.65. The van der Waals surface area contributed by atoms with Crippen LogP contribution in [0.5, 0.6) is 11.5 Å². The number of piperidine rings is 1. The third kappa shape index (κ3) is 4.94. The van der Waals surface area contributed by atoms with Crippen LogP contribution in [0.2, 0.25) is 0 Å². The number of hydrogen-bond donors (Lipinski definition) is 2. The summed E-state index contributed by atoms with van der Waals surface area (Å²) in [5, 5.41) is 10.4. The lowest BCUT2D eigenvalue weighted by atomic mass is 9.96. The van der Waals surface area contributed by atoms with Gasteiger partial charge in [-0.3, -0.25) is 5.10 Å². The van der Waals surface area contributed by atoms with E-state index in [4.69, 9.17) is 14.5 Å². The van der Waals surface area contributed by atoms with Crippen LogP contribution < -0.4 is 14.8 Å². The molecule has 2 heterocycles. The number of guanidine groups is 1. The average Bonchev–Trinajstić information content (AvgIpc) is 3.27. The first-order valence-corrected chi connectivity index (χ1v) is 9.93. The van der Waals surface area contributed by atoms with Gasteiger partial charge < -0.3 is 19.7 Å². The molecule has 1 aliphatic heterocycles. The zero-order valence-corrected chi connectivity index (χ0v) is 16.9.